The number of rotatable bonds is 0. The molecule has 2 aliphatic rings. The second kappa shape index (κ2) is 3.86. The molecule has 0 amide bonds. The van der Waals surface area contributed by atoms with Gasteiger partial charge in [-0.25, -0.2) is 4.68 Å². The van der Waals surface area contributed by atoms with E-state index in [2.05, 4.69) is 47.3 Å². The van der Waals surface area contributed by atoms with Gasteiger partial charge in [-0.1, -0.05) is 24.6 Å². The van der Waals surface area contributed by atoms with Crippen LogP contribution in [0.5, 0.6) is 0 Å². The van der Waals surface area contributed by atoms with E-state index in [1.54, 1.807) is 0 Å². The molecule has 2 aromatic rings. The van der Waals surface area contributed by atoms with Crippen molar-refractivity contribution in [2.45, 2.75) is 44.7 Å². The molecule has 1 aliphatic heterocycles. The quantitative estimate of drug-likeness (QED) is 0.771. The number of hydrogen-bond donors (Lipinski definition) is 1. The number of fused-ring (bicyclic) bond motifs is 4. The maximum absolute atomic E-state index is 4.78. The lowest BCUT2D eigenvalue weighted by Gasteiger charge is -2.43. The predicted molar refractivity (Wildman–Crippen MR) is 77.1 cm³/mol. The Kier molecular flexibility index (Phi) is 2.25. The van der Waals surface area contributed by atoms with Crippen molar-refractivity contribution in [2.24, 2.45) is 0 Å². The zero-order valence-corrected chi connectivity index (χ0v) is 11.3. The fourth-order valence-corrected chi connectivity index (χ4v) is 3.61. The summed E-state index contributed by atoms with van der Waals surface area (Å²) in [6, 6.07) is 10.8. The highest BCUT2D eigenvalue weighted by Gasteiger charge is 2.40. The molecule has 1 aromatic heterocycles. The molecule has 0 unspecified atom stereocenters. The van der Waals surface area contributed by atoms with Gasteiger partial charge in [0.05, 0.1) is 11.4 Å². The van der Waals surface area contributed by atoms with E-state index < -0.39 is 0 Å². The van der Waals surface area contributed by atoms with Crippen molar-refractivity contribution >= 4 is 5.69 Å². The number of para-hydroxylation sites is 1. The second-order valence-corrected chi connectivity index (χ2v) is 5.85. The molecule has 0 atom stereocenters. The van der Waals surface area contributed by atoms with Gasteiger partial charge in [-0.05, 0) is 44.7 Å². The molecule has 0 radical (unpaired) electrons. The van der Waals surface area contributed by atoms with Gasteiger partial charge in [-0.3, -0.25) is 0 Å². The topological polar surface area (TPSA) is 29.9 Å². The number of aryl methyl sites for hydroxylation is 1. The van der Waals surface area contributed by atoms with E-state index in [0.717, 1.165) is 5.69 Å². The third kappa shape index (κ3) is 1.54. The number of benzene rings is 1. The molecule has 0 bridgehead atoms. The monoisotopic (exact) mass is 253 g/mol. The largest absolute Gasteiger partial charge is 0.361 e. The Morgan fingerprint density at radius 1 is 1.16 bits per heavy atom. The van der Waals surface area contributed by atoms with E-state index in [1.807, 2.05) is 0 Å². The maximum atomic E-state index is 4.78. The lowest BCUT2D eigenvalue weighted by molar-refractivity contribution is 0.208. The maximum Gasteiger partial charge on any atom is 0.132 e. The first kappa shape index (κ1) is 11.1. The first-order valence-electron chi connectivity index (χ1n) is 7.23. The summed E-state index contributed by atoms with van der Waals surface area (Å²) >= 11 is 0. The van der Waals surface area contributed by atoms with Crippen LogP contribution in [0.4, 0.5) is 5.69 Å². The van der Waals surface area contributed by atoms with Gasteiger partial charge in [0.1, 0.15) is 5.66 Å². The van der Waals surface area contributed by atoms with Gasteiger partial charge in [0.2, 0.25) is 0 Å². The molecule has 1 N–H and O–H groups in total. The van der Waals surface area contributed by atoms with Crippen LogP contribution in [0.3, 0.4) is 0 Å². The summed E-state index contributed by atoms with van der Waals surface area (Å²) in [6.07, 6.45) is 6.27. The molecule has 1 spiro atoms. The number of hydrogen-bond acceptors (Lipinski definition) is 2. The van der Waals surface area contributed by atoms with E-state index >= 15 is 0 Å². The van der Waals surface area contributed by atoms with Gasteiger partial charge in [-0.2, -0.15) is 5.10 Å². The Labute approximate surface area is 113 Å². The molecular formula is C16H19N3. The van der Waals surface area contributed by atoms with Gasteiger partial charge < -0.3 is 5.32 Å². The third-order valence-electron chi connectivity index (χ3n) is 4.49. The molecule has 2 heterocycles. The van der Waals surface area contributed by atoms with E-state index in [0.29, 0.717) is 0 Å². The van der Waals surface area contributed by atoms with Crippen molar-refractivity contribution in [1.82, 2.24) is 9.78 Å². The van der Waals surface area contributed by atoms with E-state index in [9.17, 15) is 0 Å². The van der Waals surface area contributed by atoms with E-state index in [4.69, 9.17) is 5.10 Å². The Hall–Kier alpha value is -1.77. The van der Waals surface area contributed by atoms with E-state index in [-0.39, 0.29) is 5.66 Å². The molecule has 19 heavy (non-hydrogen) atoms. The Morgan fingerprint density at radius 2 is 1.95 bits per heavy atom. The average Bonchev–Trinajstić information content (AvgIpc) is 2.83. The van der Waals surface area contributed by atoms with Crippen molar-refractivity contribution in [3.63, 3.8) is 0 Å². The smallest absolute Gasteiger partial charge is 0.132 e. The first-order chi connectivity index (χ1) is 9.28. The molecule has 1 fully saturated rings. The van der Waals surface area contributed by atoms with Gasteiger partial charge in [-0.15, -0.1) is 0 Å². The summed E-state index contributed by atoms with van der Waals surface area (Å²) in [7, 11) is 0. The summed E-state index contributed by atoms with van der Waals surface area (Å²) in [6.45, 7) is 2.09. The predicted octanol–water partition coefficient (Wildman–Crippen LogP) is 3.90. The standard InChI is InChI=1S/C16H19N3/c1-12-11-15-13-7-3-4-8-14(13)17-16(19(15)18-12)9-5-2-6-10-16/h3-4,7-8,11,17H,2,5-6,9-10H2,1H3. The Bertz CT molecular complexity index is 621. The van der Waals surface area contributed by atoms with Crippen molar-refractivity contribution < 1.29 is 0 Å². The average molecular weight is 253 g/mol. The van der Waals surface area contributed by atoms with Crippen molar-refractivity contribution in [2.75, 3.05) is 5.32 Å². The number of nitrogens with one attached hydrogen (secondary N) is 1. The molecule has 98 valence electrons. The number of nitrogens with zero attached hydrogens (tertiary/aromatic N) is 2. The fourth-order valence-electron chi connectivity index (χ4n) is 3.61. The molecule has 1 aliphatic carbocycles. The molecule has 3 heteroatoms. The highest BCUT2D eigenvalue weighted by Crippen LogP contribution is 2.44. The van der Waals surface area contributed by atoms with Crippen LogP contribution in [0, 0.1) is 6.92 Å². The highest BCUT2D eigenvalue weighted by atomic mass is 15.4. The van der Waals surface area contributed by atoms with Gasteiger partial charge in [0, 0.05) is 11.3 Å². The van der Waals surface area contributed by atoms with Crippen LogP contribution in [-0.2, 0) is 5.66 Å². The van der Waals surface area contributed by atoms with Crippen LogP contribution in [0.25, 0.3) is 11.3 Å². The highest BCUT2D eigenvalue weighted by molar-refractivity contribution is 5.78. The summed E-state index contributed by atoms with van der Waals surface area (Å²) in [5, 5.41) is 8.56. The molecule has 3 nitrogen and oxygen atoms in total. The zero-order chi connectivity index (χ0) is 12.9. The Morgan fingerprint density at radius 3 is 2.79 bits per heavy atom. The summed E-state index contributed by atoms with van der Waals surface area (Å²) in [4.78, 5) is 0. The summed E-state index contributed by atoms with van der Waals surface area (Å²) in [5.41, 5.74) is 4.93. The van der Waals surface area contributed by atoms with Gasteiger partial charge >= 0.3 is 0 Å². The van der Waals surface area contributed by atoms with Crippen molar-refractivity contribution in [3.05, 3.63) is 36.0 Å². The van der Waals surface area contributed by atoms with Crippen LogP contribution >= 0.6 is 0 Å². The molecule has 1 saturated carbocycles. The van der Waals surface area contributed by atoms with Crippen LogP contribution in [-0.4, -0.2) is 9.78 Å². The second-order valence-electron chi connectivity index (χ2n) is 5.85. The molecule has 0 saturated heterocycles. The first-order valence-corrected chi connectivity index (χ1v) is 7.23. The number of anilines is 1. The van der Waals surface area contributed by atoms with Crippen LogP contribution in [0.1, 0.15) is 37.8 Å². The third-order valence-corrected chi connectivity index (χ3v) is 4.49. The minimum atomic E-state index is 0.0101. The lowest BCUT2D eigenvalue weighted by atomic mass is 9.86. The van der Waals surface area contributed by atoms with E-state index in [1.165, 1.54) is 49.0 Å². The van der Waals surface area contributed by atoms with Crippen LogP contribution in [0.15, 0.2) is 30.3 Å². The number of aromatic nitrogens is 2. The molecule has 4 rings (SSSR count). The molecular weight excluding hydrogens is 234 g/mol. The van der Waals surface area contributed by atoms with Crippen molar-refractivity contribution in [1.29, 1.82) is 0 Å². The SMILES string of the molecule is Cc1cc2n(n1)C1(CCCCC1)Nc1ccccc1-2. The van der Waals surface area contributed by atoms with Crippen molar-refractivity contribution in [3.8, 4) is 11.3 Å². The van der Waals surface area contributed by atoms with Crippen LogP contribution < -0.4 is 5.32 Å². The minimum absolute atomic E-state index is 0.0101. The normalized spacial score (nSPS) is 19.6. The Balaban J connectivity index is 1.94. The lowest BCUT2D eigenvalue weighted by Crippen LogP contribution is -2.46. The summed E-state index contributed by atoms with van der Waals surface area (Å²) in [5.74, 6) is 0. The molecule has 1 aromatic carbocycles. The van der Waals surface area contributed by atoms with Gasteiger partial charge in [0.25, 0.3) is 0 Å². The van der Waals surface area contributed by atoms with Crippen LogP contribution in [0.2, 0.25) is 0 Å². The van der Waals surface area contributed by atoms with Gasteiger partial charge in [0.15, 0.2) is 0 Å². The minimum Gasteiger partial charge on any atom is -0.361 e. The summed E-state index contributed by atoms with van der Waals surface area (Å²) < 4.78 is 2.25. The fraction of sp³-hybridized carbons (Fsp3) is 0.438. The zero-order valence-electron chi connectivity index (χ0n) is 11.3.